The van der Waals surface area contributed by atoms with E-state index in [-0.39, 0.29) is 30.0 Å². The molecule has 32 heavy (non-hydrogen) atoms. The van der Waals surface area contributed by atoms with Crippen LogP contribution in [0.4, 0.5) is 13.2 Å². The summed E-state index contributed by atoms with van der Waals surface area (Å²) in [5.74, 6) is 2.12. The molecule has 0 amide bonds. The van der Waals surface area contributed by atoms with Crippen LogP contribution >= 0.6 is 24.0 Å². The molecule has 0 bridgehead atoms. The Morgan fingerprint density at radius 3 is 2.34 bits per heavy atom. The van der Waals surface area contributed by atoms with Gasteiger partial charge in [0.1, 0.15) is 5.75 Å². The Morgan fingerprint density at radius 2 is 1.75 bits per heavy atom. The first-order valence-corrected chi connectivity index (χ1v) is 11.0. The molecule has 1 unspecified atom stereocenters. The highest BCUT2D eigenvalue weighted by Gasteiger charge is 2.34. The number of nitrogens with zero attached hydrogens (tertiary/aromatic N) is 3. The minimum atomic E-state index is -4.14. The molecule has 2 N–H and O–H groups in total. The average molecular weight is 569 g/mol. The third-order valence-corrected chi connectivity index (χ3v) is 6.07. The summed E-state index contributed by atoms with van der Waals surface area (Å²) in [6.07, 6.45) is -1.22. The molecule has 0 aliphatic carbocycles. The van der Waals surface area contributed by atoms with E-state index in [1.807, 2.05) is 12.1 Å². The second-order valence-corrected chi connectivity index (χ2v) is 8.50. The van der Waals surface area contributed by atoms with Crippen LogP contribution in [0.1, 0.15) is 24.8 Å². The predicted molar refractivity (Wildman–Crippen MR) is 132 cm³/mol. The number of nitrogens with one attached hydrogen (secondary N) is 2. The molecule has 2 aliphatic rings. The number of alkyl halides is 3. The summed E-state index contributed by atoms with van der Waals surface area (Å²) in [6, 6.07) is 8.22. The Kier molecular flexibility index (Phi) is 10.8. The molecule has 6 nitrogen and oxygen atoms in total. The summed E-state index contributed by atoms with van der Waals surface area (Å²) in [5, 5.41) is 6.65. The SMILES string of the molecule is CN=C(NCC1CCN(Cc2ccc(OC)cc2)CC1)NC1CCN(CC(F)(F)F)C1.I. The second-order valence-electron chi connectivity index (χ2n) is 8.50. The zero-order valence-corrected chi connectivity index (χ0v) is 21.2. The lowest BCUT2D eigenvalue weighted by molar-refractivity contribution is -0.143. The van der Waals surface area contributed by atoms with Gasteiger partial charge in [-0.25, -0.2) is 0 Å². The molecule has 2 aliphatic heterocycles. The van der Waals surface area contributed by atoms with Crippen molar-refractivity contribution >= 4 is 29.9 Å². The highest BCUT2D eigenvalue weighted by atomic mass is 127. The van der Waals surface area contributed by atoms with Gasteiger partial charge in [0.2, 0.25) is 0 Å². The molecule has 1 atom stereocenters. The standard InChI is InChI=1S/C22H34F3N5O.HI/c1-26-21(28-19-9-12-30(15-19)16-22(23,24)25)27-13-17-7-10-29(11-8-17)14-18-3-5-20(31-2)6-4-18;/h3-6,17,19H,7-16H2,1-2H3,(H2,26,27,28);1H. The fourth-order valence-electron chi connectivity index (χ4n) is 4.31. The monoisotopic (exact) mass is 569 g/mol. The molecule has 2 saturated heterocycles. The Morgan fingerprint density at radius 1 is 1.09 bits per heavy atom. The third-order valence-electron chi connectivity index (χ3n) is 6.07. The van der Waals surface area contributed by atoms with Gasteiger partial charge in [-0.15, -0.1) is 24.0 Å². The van der Waals surface area contributed by atoms with Crippen molar-refractivity contribution in [3.63, 3.8) is 0 Å². The minimum absolute atomic E-state index is 0. The van der Waals surface area contributed by atoms with Gasteiger partial charge in [-0.05, 0) is 56.0 Å². The number of likely N-dealkylation sites (tertiary alicyclic amines) is 2. The van der Waals surface area contributed by atoms with Gasteiger partial charge in [-0.3, -0.25) is 14.8 Å². The number of rotatable bonds is 7. The van der Waals surface area contributed by atoms with E-state index in [9.17, 15) is 13.2 Å². The summed E-state index contributed by atoms with van der Waals surface area (Å²) in [4.78, 5) is 8.17. The lowest BCUT2D eigenvalue weighted by Crippen LogP contribution is -2.47. The smallest absolute Gasteiger partial charge is 0.401 e. The summed E-state index contributed by atoms with van der Waals surface area (Å²) in [5.41, 5.74) is 1.29. The molecule has 182 valence electrons. The molecule has 2 heterocycles. The van der Waals surface area contributed by atoms with Gasteiger partial charge in [-0.1, -0.05) is 12.1 Å². The van der Waals surface area contributed by atoms with Crippen LogP contribution in [0.3, 0.4) is 0 Å². The number of ether oxygens (including phenoxy) is 1. The summed E-state index contributed by atoms with van der Waals surface area (Å²) in [7, 11) is 3.38. The van der Waals surface area contributed by atoms with Gasteiger partial charge in [0, 0.05) is 39.3 Å². The second kappa shape index (κ2) is 12.8. The van der Waals surface area contributed by atoms with Crippen LogP contribution in [0, 0.1) is 5.92 Å². The van der Waals surface area contributed by atoms with Crippen LogP contribution in [-0.4, -0.2) is 81.4 Å². The van der Waals surface area contributed by atoms with Crippen molar-refractivity contribution in [1.29, 1.82) is 0 Å². The van der Waals surface area contributed by atoms with Crippen molar-refractivity contribution in [2.24, 2.45) is 10.9 Å². The zero-order valence-electron chi connectivity index (χ0n) is 18.8. The predicted octanol–water partition coefficient (Wildman–Crippen LogP) is 3.33. The number of guanidine groups is 1. The molecule has 0 aromatic heterocycles. The zero-order chi connectivity index (χ0) is 22.3. The van der Waals surface area contributed by atoms with E-state index in [2.05, 4.69) is 32.7 Å². The van der Waals surface area contributed by atoms with Gasteiger partial charge in [0.25, 0.3) is 0 Å². The van der Waals surface area contributed by atoms with Gasteiger partial charge in [0.15, 0.2) is 5.96 Å². The van der Waals surface area contributed by atoms with Crippen LogP contribution < -0.4 is 15.4 Å². The maximum Gasteiger partial charge on any atom is 0.401 e. The molecule has 2 fully saturated rings. The van der Waals surface area contributed by atoms with Crippen LogP contribution in [0.25, 0.3) is 0 Å². The minimum Gasteiger partial charge on any atom is -0.497 e. The Balaban J connectivity index is 0.00000363. The van der Waals surface area contributed by atoms with Gasteiger partial charge in [0.05, 0.1) is 13.7 Å². The Hall–Kier alpha value is -1.27. The molecule has 10 heteroatoms. The van der Waals surface area contributed by atoms with Crippen molar-refractivity contribution in [2.45, 2.75) is 38.0 Å². The molecule has 1 aromatic carbocycles. The normalized spacial score (nSPS) is 21.3. The maximum absolute atomic E-state index is 12.6. The third kappa shape index (κ3) is 8.93. The van der Waals surface area contributed by atoms with Crippen molar-refractivity contribution < 1.29 is 17.9 Å². The average Bonchev–Trinajstić information content (AvgIpc) is 3.17. The Bertz CT molecular complexity index is 709. The molecule has 3 rings (SSSR count). The highest BCUT2D eigenvalue weighted by Crippen LogP contribution is 2.21. The molecular weight excluding hydrogens is 534 g/mol. The molecular formula is C22H35F3IN5O. The van der Waals surface area contributed by atoms with E-state index < -0.39 is 12.7 Å². The highest BCUT2D eigenvalue weighted by molar-refractivity contribution is 14.0. The number of aliphatic imine (C=N–C) groups is 1. The van der Waals surface area contributed by atoms with Crippen molar-refractivity contribution in [3.05, 3.63) is 29.8 Å². The van der Waals surface area contributed by atoms with Crippen molar-refractivity contribution in [3.8, 4) is 5.75 Å². The number of halogens is 4. The van der Waals surface area contributed by atoms with Gasteiger partial charge >= 0.3 is 6.18 Å². The fraction of sp³-hybridized carbons (Fsp3) is 0.682. The quantitative estimate of drug-likeness (QED) is 0.300. The fourth-order valence-corrected chi connectivity index (χ4v) is 4.31. The number of hydrogen-bond acceptors (Lipinski definition) is 4. The molecule has 1 aromatic rings. The summed E-state index contributed by atoms with van der Waals surface area (Å²) >= 11 is 0. The van der Waals surface area contributed by atoms with E-state index in [0.717, 1.165) is 44.8 Å². The van der Waals surface area contributed by atoms with E-state index in [0.29, 0.717) is 31.4 Å². The molecule has 0 radical (unpaired) electrons. The number of hydrogen-bond donors (Lipinski definition) is 2. The van der Waals surface area contributed by atoms with Crippen LogP contribution in [-0.2, 0) is 6.54 Å². The first-order valence-electron chi connectivity index (χ1n) is 11.0. The van der Waals surface area contributed by atoms with Crippen molar-refractivity contribution in [2.75, 3.05) is 53.4 Å². The largest absolute Gasteiger partial charge is 0.497 e. The van der Waals surface area contributed by atoms with E-state index >= 15 is 0 Å². The first kappa shape index (κ1) is 27.0. The summed E-state index contributed by atoms with van der Waals surface area (Å²) < 4.78 is 42.9. The van der Waals surface area contributed by atoms with Crippen LogP contribution in [0.15, 0.2) is 29.3 Å². The summed E-state index contributed by atoms with van der Waals surface area (Å²) in [6.45, 7) is 3.90. The first-order chi connectivity index (χ1) is 14.8. The van der Waals surface area contributed by atoms with E-state index in [1.165, 1.54) is 10.5 Å². The maximum atomic E-state index is 12.6. The lowest BCUT2D eigenvalue weighted by Gasteiger charge is -2.32. The topological polar surface area (TPSA) is 52.1 Å². The van der Waals surface area contributed by atoms with Gasteiger partial charge in [-0.2, -0.15) is 13.2 Å². The number of benzene rings is 1. The number of methoxy groups -OCH3 is 1. The van der Waals surface area contributed by atoms with Crippen molar-refractivity contribution in [1.82, 2.24) is 20.4 Å². The molecule has 0 spiro atoms. The molecule has 0 saturated carbocycles. The van der Waals surface area contributed by atoms with Crippen LogP contribution in [0.2, 0.25) is 0 Å². The lowest BCUT2D eigenvalue weighted by atomic mass is 9.96. The van der Waals surface area contributed by atoms with E-state index in [4.69, 9.17) is 4.74 Å². The van der Waals surface area contributed by atoms with E-state index in [1.54, 1.807) is 14.2 Å². The van der Waals surface area contributed by atoms with Crippen LogP contribution in [0.5, 0.6) is 5.75 Å². The Labute approximate surface area is 206 Å². The van der Waals surface area contributed by atoms with Gasteiger partial charge < -0.3 is 15.4 Å². The number of piperidine rings is 1.